The standard InChI is InChI=1S/C14H15Cl2N3O/c1-8(2)20-10-4-9(6-18-7-10)13-11(15)5-12(16)14(17-3)19-13/h4-8H,1-3H3,(H,17,19). The Morgan fingerprint density at radius 3 is 2.55 bits per heavy atom. The largest absolute Gasteiger partial charge is 0.489 e. The van der Waals surface area contributed by atoms with Gasteiger partial charge in [0.15, 0.2) is 0 Å². The molecule has 4 nitrogen and oxygen atoms in total. The second kappa shape index (κ2) is 6.29. The third-order valence-electron chi connectivity index (χ3n) is 2.52. The molecule has 1 N–H and O–H groups in total. The molecule has 0 unspecified atom stereocenters. The third-order valence-corrected chi connectivity index (χ3v) is 3.10. The first-order valence-electron chi connectivity index (χ1n) is 6.17. The van der Waals surface area contributed by atoms with Gasteiger partial charge in [0, 0.05) is 18.8 Å². The van der Waals surface area contributed by atoms with E-state index in [0.29, 0.717) is 27.3 Å². The van der Waals surface area contributed by atoms with Gasteiger partial charge in [0.05, 0.1) is 28.0 Å². The minimum Gasteiger partial charge on any atom is -0.489 e. The van der Waals surface area contributed by atoms with Crippen molar-refractivity contribution in [1.82, 2.24) is 9.97 Å². The first-order chi connectivity index (χ1) is 9.51. The lowest BCUT2D eigenvalue weighted by Gasteiger charge is -2.12. The average Bonchev–Trinajstić information content (AvgIpc) is 2.38. The number of anilines is 1. The summed E-state index contributed by atoms with van der Waals surface area (Å²) in [6.45, 7) is 3.92. The molecule has 0 radical (unpaired) electrons. The van der Waals surface area contributed by atoms with Gasteiger partial charge in [-0.1, -0.05) is 23.2 Å². The van der Waals surface area contributed by atoms with Crippen molar-refractivity contribution < 1.29 is 4.74 Å². The van der Waals surface area contributed by atoms with E-state index in [0.717, 1.165) is 5.56 Å². The molecule has 0 aromatic carbocycles. The van der Waals surface area contributed by atoms with E-state index >= 15 is 0 Å². The zero-order valence-electron chi connectivity index (χ0n) is 11.4. The van der Waals surface area contributed by atoms with Crippen LogP contribution in [0.15, 0.2) is 24.5 Å². The van der Waals surface area contributed by atoms with Crippen LogP contribution in [0.2, 0.25) is 10.0 Å². The molecular formula is C14H15Cl2N3O. The highest BCUT2D eigenvalue weighted by atomic mass is 35.5. The van der Waals surface area contributed by atoms with Crippen LogP contribution >= 0.6 is 23.2 Å². The summed E-state index contributed by atoms with van der Waals surface area (Å²) in [6.07, 6.45) is 3.43. The predicted octanol–water partition coefficient (Wildman–Crippen LogP) is 4.28. The Balaban J connectivity index is 2.45. The summed E-state index contributed by atoms with van der Waals surface area (Å²) in [4.78, 5) is 8.57. The summed E-state index contributed by atoms with van der Waals surface area (Å²) in [6, 6.07) is 3.52. The first kappa shape index (κ1) is 14.9. The first-order valence-corrected chi connectivity index (χ1v) is 6.92. The van der Waals surface area contributed by atoms with E-state index in [4.69, 9.17) is 27.9 Å². The molecule has 0 saturated carbocycles. The lowest BCUT2D eigenvalue weighted by atomic mass is 10.2. The number of hydrogen-bond acceptors (Lipinski definition) is 4. The number of rotatable bonds is 4. The molecule has 0 atom stereocenters. The fourth-order valence-corrected chi connectivity index (χ4v) is 2.29. The van der Waals surface area contributed by atoms with Crippen LogP contribution in [0, 0.1) is 0 Å². The fourth-order valence-electron chi connectivity index (χ4n) is 1.73. The van der Waals surface area contributed by atoms with E-state index < -0.39 is 0 Å². The van der Waals surface area contributed by atoms with Gasteiger partial charge < -0.3 is 10.1 Å². The Labute approximate surface area is 128 Å². The maximum absolute atomic E-state index is 6.21. The Hall–Kier alpha value is -1.52. The summed E-state index contributed by atoms with van der Waals surface area (Å²) >= 11 is 12.2. The molecule has 106 valence electrons. The average molecular weight is 312 g/mol. The third kappa shape index (κ3) is 3.32. The molecule has 0 bridgehead atoms. The molecule has 0 aliphatic rings. The highest BCUT2D eigenvalue weighted by Gasteiger charge is 2.12. The van der Waals surface area contributed by atoms with E-state index in [1.807, 2.05) is 19.9 Å². The monoisotopic (exact) mass is 311 g/mol. The van der Waals surface area contributed by atoms with E-state index in [2.05, 4.69) is 15.3 Å². The molecule has 2 aromatic heterocycles. The normalized spacial score (nSPS) is 10.7. The number of aromatic nitrogens is 2. The van der Waals surface area contributed by atoms with Crippen LogP contribution in [0.4, 0.5) is 5.82 Å². The molecule has 0 fully saturated rings. The molecule has 6 heteroatoms. The van der Waals surface area contributed by atoms with Crippen LogP contribution in [0.25, 0.3) is 11.3 Å². The molecule has 0 aliphatic heterocycles. The molecule has 0 spiro atoms. The number of halogens is 2. The van der Waals surface area contributed by atoms with Gasteiger partial charge in [-0.2, -0.15) is 0 Å². The SMILES string of the molecule is CNc1nc(-c2cncc(OC(C)C)c2)c(Cl)cc1Cl. The summed E-state index contributed by atoms with van der Waals surface area (Å²) in [5.41, 5.74) is 1.39. The van der Waals surface area contributed by atoms with Gasteiger partial charge in [-0.3, -0.25) is 4.98 Å². The van der Waals surface area contributed by atoms with Crippen molar-refractivity contribution >= 4 is 29.0 Å². The zero-order chi connectivity index (χ0) is 14.7. The molecule has 0 aliphatic carbocycles. The Kier molecular flexibility index (Phi) is 4.68. The van der Waals surface area contributed by atoms with Crippen LogP contribution in [0.1, 0.15) is 13.8 Å². The summed E-state index contributed by atoms with van der Waals surface area (Å²) in [5, 5.41) is 3.87. The van der Waals surface area contributed by atoms with Crippen LogP contribution < -0.4 is 10.1 Å². The number of hydrogen-bond donors (Lipinski definition) is 1. The second-order valence-electron chi connectivity index (χ2n) is 4.48. The zero-order valence-corrected chi connectivity index (χ0v) is 13.0. The number of ether oxygens (including phenoxy) is 1. The van der Waals surface area contributed by atoms with Gasteiger partial charge >= 0.3 is 0 Å². The maximum Gasteiger partial charge on any atom is 0.145 e. The topological polar surface area (TPSA) is 47.0 Å². The van der Waals surface area contributed by atoms with Crippen molar-refractivity contribution in [3.8, 4) is 17.0 Å². The van der Waals surface area contributed by atoms with Gasteiger partial charge in [0.2, 0.25) is 0 Å². The number of nitrogens with zero attached hydrogens (tertiary/aromatic N) is 2. The van der Waals surface area contributed by atoms with E-state index in [-0.39, 0.29) is 6.10 Å². The molecular weight excluding hydrogens is 297 g/mol. The minimum atomic E-state index is 0.0774. The Bertz CT molecular complexity index is 617. The Morgan fingerprint density at radius 2 is 1.90 bits per heavy atom. The van der Waals surface area contributed by atoms with Crippen molar-refractivity contribution in [1.29, 1.82) is 0 Å². The van der Waals surface area contributed by atoms with Gasteiger partial charge in [-0.05, 0) is 26.0 Å². The van der Waals surface area contributed by atoms with Crippen molar-refractivity contribution in [2.75, 3.05) is 12.4 Å². The predicted molar refractivity (Wildman–Crippen MR) is 82.8 cm³/mol. The number of nitrogens with one attached hydrogen (secondary N) is 1. The summed E-state index contributed by atoms with van der Waals surface area (Å²) in [5.74, 6) is 1.25. The van der Waals surface area contributed by atoms with Crippen molar-refractivity contribution in [2.24, 2.45) is 0 Å². The van der Waals surface area contributed by atoms with Crippen LogP contribution in [-0.4, -0.2) is 23.1 Å². The minimum absolute atomic E-state index is 0.0774. The highest BCUT2D eigenvalue weighted by Crippen LogP contribution is 2.33. The second-order valence-corrected chi connectivity index (χ2v) is 5.29. The summed E-state index contributed by atoms with van der Waals surface area (Å²) < 4.78 is 5.62. The molecule has 2 aromatic rings. The van der Waals surface area contributed by atoms with Crippen molar-refractivity contribution in [3.63, 3.8) is 0 Å². The van der Waals surface area contributed by atoms with Gasteiger partial charge in [-0.25, -0.2) is 4.98 Å². The lowest BCUT2D eigenvalue weighted by Crippen LogP contribution is -2.05. The Morgan fingerprint density at radius 1 is 1.15 bits per heavy atom. The fraction of sp³-hybridized carbons (Fsp3) is 0.286. The van der Waals surface area contributed by atoms with Crippen molar-refractivity contribution in [2.45, 2.75) is 20.0 Å². The quantitative estimate of drug-likeness (QED) is 0.915. The number of pyridine rings is 2. The van der Waals surface area contributed by atoms with E-state index in [1.165, 1.54) is 0 Å². The smallest absolute Gasteiger partial charge is 0.145 e. The van der Waals surface area contributed by atoms with E-state index in [1.54, 1.807) is 25.5 Å². The lowest BCUT2D eigenvalue weighted by molar-refractivity contribution is 0.241. The van der Waals surface area contributed by atoms with Crippen LogP contribution in [0.5, 0.6) is 5.75 Å². The maximum atomic E-state index is 6.21. The van der Waals surface area contributed by atoms with Crippen LogP contribution in [-0.2, 0) is 0 Å². The molecule has 0 saturated heterocycles. The van der Waals surface area contributed by atoms with Crippen LogP contribution in [0.3, 0.4) is 0 Å². The summed E-state index contributed by atoms with van der Waals surface area (Å²) in [7, 11) is 1.75. The van der Waals surface area contributed by atoms with Gasteiger partial charge in [0.1, 0.15) is 11.6 Å². The van der Waals surface area contributed by atoms with E-state index in [9.17, 15) is 0 Å². The van der Waals surface area contributed by atoms with Gasteiger partial charge in [-0.15, -0.1) is 0 Å². The molecule has 20 heavy (non-hydrogen) atoms. The highest BCUT2D eigenvalue weighted by molar-refractivity contribution is 6.37. The van der Waals surface area contributed by atoms with Crippen molar-refractivity contribution in [3.05, 3.63) is 34.6 Å². The van der Waals surface area contributed by atoms with Gasteiger partial charge in [0.25, 0.3) is 0 Å². The molecule has 2 heterocycles. The molecule has 0 amide bonds. The molecule has 2 rings (SSSR count).